The van der Waals surface area contributed by atoms with E-state index < -0.39 is 0 Å². The normalized spacial score (nSPS) is 11.5. The molecule has 0 aliphatic heterocycles. The van der Waals surface area contributed by atoms with Crippen LogP contribution in [0.4, 0.5) is 0 Å². The van der Waals surface area contributed by atoms with E-state index in [1.54, 1.807) is 30.2 Å². The van der Waals surface area contributed by atoms with Gasteiger partial charge in [-0.2, -0.15) is 5.10 Å². The van der Waals surface area contributed by atoms with E-state index in [-0.39, 0.29) is 0 Å². The third-order valence-electron chi connectivity index (χ3n) is 4.18. The van der Waals surface area contributed by atoms with Gasteiger partial charge in [-0.15, -0.1) is 21.5 Å². The van der Waals surface area contributed by atoms with Gasteiger partial charge in [-0.25, -0.2) is 4.68 Å². The van der Waals surface area contributed by atoms with E-state index in [2.05, 4.69) is 33.0 Å². The second-order valence-corrected chi connectivity index (χ2v) is 7.62. The van der Waals surface area contributed by atoms with E-state index in [1.807, 2.05) is 36.1 Å². The van der Waals surface area contributed by atoms with Crippen molar-refractivity contribution in [2.75, 3.05) is 20.0 Å². The minimum atomic E-state index is 0.625. The van der Waals surface area contributed by atoms with E-state index in [1.165, 1.54) is 0 Å². The van der Waals surface area contributed by atoms with Crippen LogP contribution in [0.1, 0.15) is 5.69 Å². The molecule has 0 fully saturated rings. The van der Waals surface area contributed by atoms with Crippen molar-refractivity contribution in [3.63, 3.8) is 0 Å². The minimum absolute atomic E-state index is 0.625. The van der Waals surface area contributed by atoms with Crippen LogP contribution < -0.4 is 0 Å². The lowest BCUT2D eigenvalue weighted by Gasteiger charge is -2.07. The minimum Gasteiger partial charge on any atom is -0.383 e. The van der Waals surface area contributed by atoms with Crippen LogP contribution in [0.15, 0.2) is 41.6 Å². The predicted molar refractivity (Wildman–Crippen MR) is 106 cm³/mol. The Morgan fingerprint density at radius 2 is 2.00 bits per heavy atom. The summed E-state index contributed by atoms with van der Waals surface area (Å²) in [5.41, 5.74) is 2.07. The summed E-state index contributed by atoms with van der Waals surface area (Å²) in [5, 5.41) is 15.5. The van der Waals surface area contributed by atoms with Crippen molar-refractivity contribution in [1.82, 2.24) is 24.5 Å². The van der Waals surface area contributed by atoms with Crippen LogP contribution in [0.2, 0.25) is 0 Å². The topological polar surface area (TPSA) is 57.8 Å². The van der Waals surface area contributed by atoms with Gasteiger partial charge in [0.25, 0.3) is 0 Å². The van der Waals surface area contributed by atoms with E-state index in [0.29, 0.717) is 6.61 Å². The fraction of sp³-hybridized carbons (Fsp3) is 0.278. The molecule has 26 heavy (non-hydrogen) atoms. The summed E-state index contributed by atoms with van der Waals surface area (Å²) in [6.45, 7) is 3.40. The van der Waals surface area contributed by atoms with Crippen LogP contribution in [0, 0.1) is 6.92 Å². The van der Waals surface area contributed by atoms with Gasteiger partial charge >= 0.3 is 0 Å². The van der Waals surface area contributed by atoms with Crippen LogP contribution in [0.25, 0.3) is 26.6 Å². The van der Waals surface area contributed by atoms with Gasteiger partial charge in [0.2, 0.25) is 0 Å². The molecule has 8 heteroatoms. The molecule has 0 unspecified atom stereocenters. The van der Waals surface area contributed by atoms with Gasteiger partial charge in [0, 0.05) is 12.5 Å². The van der Waals surface area contributed by atoms with Crippen molar-refractivity contribution in [1.29, 1.82) is 0 Å². The molecule has 1 aromatic carbocycles. The van der Waals surface area contributed by atoms with Gasteiger partial charge in [0.15, 0.2) is 11.0 Å². The lowest BCUT2D eigenvalue weighted by Crippen LogP contribution is -2.06. The van der Waals surface area contributed by atoms with Crippen LogP contribution in [0.3, 0.4) is 0 Å². The molecular formula is C18H19N5OS2. The summed E-state index contributed by atoms with van der Waals surface area (Å²) < 4.78 is 9.37. The van der Waals surface area contributed by atoms with Gasteiger partial charge < -0.3 is 4.74 Å². The van der Waals surface area contributed by atoms with E-state index in [0.717, 1.165) is 44.0 Å². The van der Waals surface area contributed by atoms with Gasteiger partial charge in [0.1, 0.15) is 4.83 Å². The number of fused-ring (bicyclic) bond motifs is 1. The quantitative estimate of drug-likeness (QED) is 0.469. The van der Waals surface area contributed by atoms with Crippen molar-refractivity contribution >= 4 is 33.3 Å². The number of nitrogens with zero attached hydrogens (tertiary/aromatic N) is 5. The highest BCUT2D eigenvalue weighted by Gasteiger charge is 2.19. The molecule has 0 bridgehead atoms. The first-order valence-corrected chi connectivity index (χ1v) is 10.3. The average molecular weight is 386 g/mol. The molecule has 0 N–H and O–H groups in total. The van der Waals surface area contributed by atoms with E-state index in [9.17, 15) is 0 Å². The largest absolute Gasteiger partial charge is 0.383 e. The van der Waals surface area contributed by atoms with Gasteiger partial charge in [-0.3, -0.25) is 4.57 Å². The first kappa shape index (κ1) is 17.3. The molecule has 0 aliphatic carbocycles. The highest BCUT2D eigenvalue weighted by atomic mass is 32.2. The molecule has 134 valence electrons. The first-order chi connectivity index (χ1) is 12.7. The van der Waals surface area contributed by atoms with Gasteiger partial charge in [0.05, 0.1) is 29.4 Å². The maximum Gasteiger partial charge on any atom is 0.191 e. The molecule has 0 saturated heterocycles. The second-order valence-electron chi connectivity index (χ2n) is 5.82. The molecular weight excluding hydrogens is 366 g/mol. The third-order valence-corrected chi connectivity index (χ3v) is 5.96. The van der Waals surface area contributed by atoms with E-state index in [4.69, 9.17) is 9.84 Å². The van der Waals surface area contributed by atoms with Crippen LogP contribution in [0.5, 0.6) is 0 Å². The molecule has 3 aromatic heterocycles. The Kier molecular flexibility index (Phi) is 4.80. The van der Waals surface area contributed by atoms with E-state index >= 15 is 0 Å². The summed E-state index contributed by atoms with van der Waals surface area (Å²) in [6.07, 6.45) is 2.01. The number of hydrogen-bond donors (Lipinski definition) is 0. The van der Waals surface area contributed by atoms with Crippen molar-refractivity contribution in [3.8, 4) is 16.4 Å². The van der Waals surface area contributed by atoms with Crippen molar-refractivity contribution in [2.24, 2.45) is 0 Å². The number of thiophene rings is 1. The number of aromatic nitrogens is 5. The monoisotopic (exact) mass is 385 g/mol. The number of para-hydroxylation sites is 1. The van der Waals surface area contributed by atoms with Crippen LogP contribution in [-0.2, 0) is 11.3 Å². The molecule has 6 nitrogen and oxygen atoms in total. The lowest BCUT2D eigenvalue weighted by molar-refractivity contribution is 0.185. The number of thioether (sulfide) groups is 1. The Balaban J connectivity index is 1.83. The summed E-state index contributed by atoms with van der Waals surface area (Å²) in [4.78, 5) is 2.21. The molecule has 0 radical (unpaired) electrons. The number of rotatable bonds is 6. The Bertz CT molecular complexity index is 1030. The number of benzene rings is 1. The van der Waals surface area contributed by atoms with Crippen LogP contribution >= 0.6 is 23.1 Å². The SMILES string of the molecule is COCCn1c(SC)nnc1-c1cc2c(C)nn(-c3ccccc3)c2s1. The maximum atomic E-state index is 5.25. The molecule has 0 atom stereocenters. The highest BCUT2D eigenvalue weighted by molar-refractivity contribution is 7.98. The fourth-order valence-electron chi connectivity index (χ4n) is 2.91. The zero-order valence-corrected chi connectivity index (χ0v) is 16.5. The lowest BCUT2D eigenvalue weighted by atomic mass is 10.3. The Labute approximate surface area is 159 Å². The molecule has 0 amide bonds. The molecule has 4 rings (SSSR count). The fourth-order valence-corrected chi connectivity index (χ4v) is 4.61. The van der Waals surface area contributed by atoms with Crippen molar-refractivity contribution < 1.29 is 4.74 Å². The predicted octanol–water partition coefficient (Wildman–Crippen LogP) is 4.02. The zero-order valence-electron chi connectivity index (χ0n) is 14.8. The standard InChI is InChI=1S/C18H19N5OS2/c1-12-14-11-15(16-19-20-18(25-3)22(16)9-10-24-2)26-17(14)23(21-12)13-7-5-4-6-8-13/h4-8,11H,9-10H2,1-3H3. The smallest absolute Gasteiger partial charge is 0.191 e. The number of ether oxygens (including phenoxy) is 1. The number of aryl methyl sites for hydroxylation is 1. The first-order valence-electron chi connectivity index (χ1n) is 8.24. The summed E-state index contributed by atoms with van der Waals surface area (Å²) in [7, 11) is 1.71. The highest BCUT2D eigenvalue weighted by Crippen LogP contribution is 2.36. The molecule has 0 spiro atoms. The summed E-state index contributed by atoms with van der Waals surface area (Å²) >= 11 is 3.29. The molecule has 3 heterocycles. The summed E-state index contributed by atoms with van der Waals surface area (Å²) in [5.74, 6) is 0.881. The Morgan fingerprint density at radius 1 is 1.19 bits per heavy atom. The second kappa shape index (κ2) is 7.22. The van der Waals surface area contributed by atoms with Crippen molar-refractivity contribution in [3.05, 3.63) is 42.1 Å². The van der Waals surface area contributed by atoms with Crippen LogP contribution in [-0.4, -0.2) is 44.5 Å². The number of methoxy groups -OCH3 is 1. The summed E-state index contributed by atoms with van der Waals surface area (Å²) in [6, 6.07) is 12.4. The average Bonchev–Trinajstić information content (AvgIpc) is 3.35. The zero-order chi connectivity index (χ0) is 18.1. The molecule has 4 aromatic rings. The maximum absolute atomic E-state index is 5.25. The van der Waals surface area contributed by atoms with Crippen molar-refractivity contribution in [2.45, 2.75) is 18.6 Å². The Hall–Kier alpha value is -2.16. The third kappa shape index (κ3) is 2.94. The molecule has 0 saturated carbocycles. The number of hydrogen-bond acceptors (Lipinski definition) is 6. The van der Waals surface area contributed by atoms with Gasteiger partial charge in [-0.1, -0.05) is 30.0 Å². The Morgan fingerprint density at radius 3 is 2.73 bits per heavy atom. The van der Waals surface area contributed by atoms with Gasteiger partial charge in [-0.05, 0) is 31.4 Å². The molecule has 0 aliphatic rings.